The Morgan fingerprint density at radius 3 is 2.53 bits per heavy atom. The summed E-state index contributed by atoms with van der Waals surface area (Å²) in [5, 5.41) is 3.40. The molecule has 9 heteroatoms. The highest BCUT2D eigenvalue weighted by Crippen LogP contribution is 2.33. The van der Waals surface area contributed by atoms with Crippen molar-refractivity contribution in [3.63, 3.8) is 0 Å². The number of hydrogen-bond donors (Lipinski definition) is 1. The maximum atomic E-state index is 13.0. The van der Waals surface area contributed by atoms with Crippen LogP contribution in [0.25, 0.3) is 0 Å². The highest BCUT2D eigenvalue weighted by atomic mass is 35.5. The van der Waals surface area contributed by atoms with Crippen LogP contribution < -0.4 is 10.1 Å². The molecule has 0 spiro atoms. The monoisotopic (exact) mass is 480 g/mol. The van der Waals surface area contributed by atoms with E-state index in [9.17, 15) is 13.2 Å². The first kappa shape index (κ1) is 24.5. The van der Waals surface area contributed by atoms with Crippen molar-refractivity contribution in [3.05, 3.63) is 47.5 Å². The zero-order chi connectivity index (χ0) is 23.1. The summed E-state index contributed by atoms with van der Waals surface area (Å²) >= 11 is 5.94. The van der Waals surface area contributed by atoms with Gasteiger partial charge in [-0.05, 0) is 61.7 Å². The third-order valence-corrected chi connectivity index (χ3v) is 7.62. The van der Waals surface area contributed by atoms with E-state index in [4.69, 9.17) is 21.1 Å². The molecule has 174 valence electrons. The maximum absolute atomic E-state index is 13.0. The minimum atomic E-state index is -3.69. The van der Waals surface area contributed by atoms with Crippen molar-refractivity contribution >= 4 is 33.2 Å². The topological polar surface area (TPSA) is 84.9 Å². The number of nitrogens with zero attached hydrogens (tertiary/aromatic N) is 1. The largest absolute Gasteiger partial charge is 0.455 e. The second-order valence-corrected chi connectivity index (χ2v) is 9.90. The smallest absolute Gasteiger partial charge is 0.243 e. The van der Waals surface area contributed by atoms with Crippen LogP contribution in [0.5, 0.6) is 11.5 Å². The number of ether oxygens (including phenoxy) is 2. The van der Waals surface area contributed by atoms with Gasteiger partial charge in [0.25, 0.3) is 0 Å². The van der Waals surface area contributed by atoms with Crippen LogP contribution in [0.1, 0.15) is 39.5 Å². The number of halogens is 1. The lowest BCUT2D eigenvalue weighted by Crippen LogP contribution is -2.30. The number of carbonyl (C=O) groups is 1. The van der Waals surface area contributed by atoms with E-state index in [-0.39, 0.29) is 23.3 Å². The Kier molecular flexibility index (Phi) is 8.53. The fraction of sp³-hybridized carbons (Fsp3) is 0.435. The first-order valence-corrected chi connectivity index (χ1v) is 12.6. The zero-order valence-electron chi connectivity index (χ0n) is 18.3. The van der Waals surface area contributed by atoms with Crippen LogP contribution in [0, 0.1) is 0 Å². The van der Waals surface area contributed by atoms with E-state index in [2.05, 4.69) is 5.32 Å². The molecule has 2 aromatic rings. The molecular weight excluding hydrogens is 452 g/mol. The fourth-order valence-corrected chi connectivity index (χ4v) is 5.19. The van der Waals surface area contributed by atoms with Gasteiger partial charge in [0.1, 0.15) is 5.75 Å². The summed E-state index contributed by atoms with van der Waals surface area (Å²) < 4.78 is 38.8. The van der Waals surface area contributed by atoms with E-state index in [1.54, 1.807) is 44.2 Å². The van der Waals surface area contributed by atoms with Crippen molar-refractivity contribution in [2.45, 2.75) is 50.5 Å². The van der Waals surface area contributed by atoms with E-state index < -0.39 is 10.0 Å². The lowest BCUT2D eigenvalue weighted by atomic mass is 10.1. The Morgan fingerprint density at radius 1 is 1.19 bits per heavy atom. The summed E-state index contributed by atoms with van der Waals surface area (Å²) in [6, 6.07) is 11.3. The van der Waals surface area contributed by atoms with Crippen LogP contribution in [0.15, 0.2) is 47.4 Å². The molecule has 1 aliphatic heterocycles. The highest BCUT2D eigenvalue weighted by Gasteiger charge is 2.24. The molecule has 7 nitrogen and oxygen atoms in total. The number of sulfonamides is 1. The molecule has 3 rings (SSSR count). The average molecular weight is 481 g/mol. The second kappa shape index (κ2) is 11.1. The molecular formula is C23H29ClN2O5S. The lowest BCUT2D eigenvalue weighted by Gasteiger charge is -2.20. The van der Waals surface area contributed by atoms with E-state index in [1.165, 1.54) is 16.4 Å². The molecule has 0 radical (unpaired) electrons. The molecule has 1 amide bonds. The summed E-state index contributed by atoms with van der Waals surface area (Å²) in [7, 11) is -3.69. The summed E-state index contributed by atoms with van der Waals surface area (Å²) in [5.74, 6) is 0.638. The van der Waals surface area contributed by atoms with Gasteiger partial charge in [0.15, 0.2) is 5.75 Å². The first-order chi connectivity index (χ1) is 15.3. The number of nitrogens with one attached hydrogen (secondary N) is 1. The summed E-state index contributed by atoms with van der Waals surface area (Å²) in [5.41, 5.74) is 0.297. The van der Waals surface area contributed by atoms with Crippen LogP contribution in [-0.2, 0) is 19.6 Å². The molecule has 1 unspecified atom stereocenters. The summed E-state index contributed by atoms with van der Waals surface area (Å²) in [6.45, 7) is 5.01. The average Bonchev–Trinajstić information content (AvgIpc) is 3.29. The first-order valence-electron chi connectivity index (χ1n) is 10.8. The molecule has 32 heavy (non-hydrogen) atoms. The predicted molar refractivity (Wildman–Crippen MR) is 125 cm³/mol. The molecule has 1 heterocycles. The van der Waals surface area contributed by atoms with Crippen LogP contribution in [0.2, 0.25) is 5.02 Å². The number of rotatable bonds is 10. The van der Waals surface area contributed by atoms with Crippen molar-refractivity contribution < 1.29 is 22.7 Å². The van der Waals surface area contributed by atoms with Gasteiger partial charge in [-0.3, -0.25) is 4.79 Å². The normalized spacial score (nSPS) is 16.3. The van der Waals surface area contributed by atoms with Gasteiger partial charge < -0.3 is 14.8 Å². The zero-order valence-corrected chi connectivity index (χ0v) is 19.9. The van der Waals surface area contributed by atoms with Crippen LogP contribution in [0.4, 0.5) is 5.69 Å². The minimum absolute atomic E-state index is 0.0964. The van der Waals surface area contributed by atoms with Crippen molar-refractivity contribution in [2.24, 2.45) is 0 Å². The summed E-state index contributed by atoms with van der Waals surface area (Å²) in [4.78, 5) is 12.7. The molecule has 1 saturated heterocycles. The SMILES string of the molecule is CCN(CC)S(=O)(=O)c1ccc(Oc2ccc(Cl)cc2)c(NC(=O)CCC2CCCO2)c1. The Labute approximate surface area is 194 Å². The van der Waals surface area contributed by atoms with Gasteiger partial charge in [-0.1, -0.05) is 25.4 Å². The van der Waals surface area contributed by atoms with Gasteiger partial charge in [0.05, 0.1) is 16.7 Å². The Hall–Kier alpha value is -2.13. The quantitative estimate of drug-likeness (QED) is 0.513. The Bertz CT molecular complexity index is 1020. The van der Waals surface area contributed by atoms with Crippen LogP contribution >= 0.6 is 11.6 Å². The molecule has 0 saturated carbocycles. The number of anilines is 1. The number of carbonyl (C=O) groups excluding carboxylic acids is 1. The Morgan fingerprint density at radius 2 is 1.91 bits per heavy atom. The van der Waals surface area contributed by atoms with E-state index in [0.717, 1.165) is 19.4 Å². The number of hydrogen-bond acceptors (Lipinski definition) is 5. The third kappa shape index (κ3) is 6.22. The van der Waals surface area contributed by atoms with Gasteiger partial charge in [-0.15, -0.1) is 0 Å². The second-order valence-electron chi connectivity index (χ2n) is 7.53. The van der Waals surface area contributed by atoms with E-state index in [1.807, 2.05) is 0 Å². The minimum Gasteiger partial charge on any atom is -0.455 e. The standard InChI is InChI=1S/C23H29ClN2O5S/c1-3-26(4-2)32(28,29)20-12-13-22(31-19-9-7-17(24)8-10-19)21(16-20)25-23(27)14-11-18-6-5-15-30-18/h7-10,12-13,16,18H,3-6,11,14-15H2,1-2H3,(H,25,27). The number of benzene rings is 2. The fourth-order valence-electron chi connectivity index (χ4n) is 3.58. The Balaban J connectivity index is 1.86. The molecule has 1 atom stereocenters. The van der Waals surface area contributed by atoms with Gasteiger partial charge >= 0.3 is 0 Å². The van der Waals surface area contributed by atoms with Crippen molar-refractivity contribution in [1.29, 1.82) is 0 Å². The molecule has 2 aromatic carbocycles. The van der Waals surface area contributed by atoms with Gasteiger partial charge in [-0.25, -0.2) is 8.42 Å². The number of amides is 1. The molecule has 0 aliphatic carbocycles. The third-order valence-electron chi connectivity index (χ3n) is 5.33. The molecule has 1 fully saturated rings. The van der Waals surface area contributed by atoms with Gasteiger partial charge in [0.2, 0.25) is 15.9 Å². The van der Waals surface area contributed by atoms with Crippen molar-refractivity contribution in [3.8, 4) is 11.5 Å². The van der Waals surface area contributed by atoms with Crippen molar-refractivity contribution in [1.82, 2.24) is 4.31 Å². The van der Waals surface area contributed by atoms with Gasteiger partial charge in [0, 0.05) is 31.1 Å². The van der Waals surface area contributed by atoms with Gasteiger partial charge in [-0.2, -0.15) is 4.31 Å². The van der Waals surface area contributed by atoms with Crippen molar-refractivity contribution in [2.75, 3.05) is 25.0 Å². The van der Waals surface area contributed by atoms with Crippen LogP contribution in [0.3, 0.4) is 0 Å². The molecule has 1 aliphatic rings. The lowest BCUT2D eigenvalue weighted by molar-refractivity contribution is -0.116. The highest BCUT2D eigenvalue weighted by molar-refractivity contribution is 7.89. The summed E-state index contributed by atoms with van der Waals surface area (Å²) in [6.07, 6.45) is 2.96. The van der Waals surface area contributed by atoms with E-state index >= 15 is 0 Å². The molecule has 0 aromatic heterocycles. The maximum Gasteiger partial charge on any atom is 0.243 e. The molecule has 0 bridgehead atoms. The van der Waals surface area contributed by atoms with Crippen LogP contribution in [-0.4, -0.2) is 44.4 Å². The van der Waals surface area contributed by atoms with E-state index in [0.29, 0.717) is 41.7 Å². The molecule has 1 N–H and O–H groups in total. The predicted octanol–water partition coefficient (Wildman–Crippen LogP) is 5.06.